The maximum Gasteiger partial charge on any atom is 0.110 e. The summed E-state index contributed by atoms with van der Waals surface area (Å²) in [4.78, 5) is 4.26. The molecular weight excluding hydrogens is 257 g/mol. The minimum atomic E-state index is 0.584. The third-order valence-corrected chi connectivity index (χ3v) is 3.12. The Hall–Kier alpha value is -1.03. The zero-order valence-corrected chi connectivity index (χ0v) is 10.7. The van der Waals surface area contributed by atoms with Crippen molar-refractivity contribution in [3.63, 3.8) is 0 Å². The molecule has 0 fully saturated rings. The fourth-order valence-corrected chi connectivity index (χ4v) is 2.06. The molecule has 5 heteroatoms. The number of aromatic nitrogens is 2. The summed E-state index contributed by atoms with van der Waals surface area (Å²) in [6.45, 7) is 1.25. The Kier molecular flexibility index (Phi) is 4.05. The van der Waals surface area contributed by atoms with Crippen molar-refractivity contribution >= 4 is 23.2 Å². The minimum absolute atomic E-state index is 0.584. The van der Waals surface area contributed by atoms with Crippen LogP contribution in [0.3, 0.4) is 0 Å². The molecular formula is C12H13Cl2N3. The number of benzene rings is 1. The van der Waals surface area contributed by atoms with Crippen molar-refractivity contribution < 1.29 is 0 Å². The molecule has 3 nitrogen and oxygen atoms in total. The lowest BCUT2D eigenvalue weighted by Crippen LogP contribution is -2.10. The Morgan fingerprint density at radius 2 is 2.12 bits per heavy atom. The van der Waals surface area contributed by atoms with Gasteiger partial charge >= 0.3 is 0 Å². The van der Waals surface area contributed by atoms with E-state index in [4.69, 9.17) is 28.9 Å². The van der Waals surface area contributed by atoms with Gasteiger partial charge in [-0.1, -0.05) is 23.2 Å². The van der Waals surface area contributed by atoms with Crippen LogP contribution in [0.5, 0.6) is 0 Å². The molecule has 0 aliphatic heterocycles. The Balaban J connectivity index is 2.25. The summed E-state index contributed by atoms with van der Waals surface area (Å²) in [5, 5.41) is 1.40. The molecule has 2 aromatic rings. The second-order valence-electron chi connectivity index (χ2n) is 3.75. The van der Waals surface area contributed by atoms with E-state index in [-0.39, 0.29) is 0 Å². The smallest absolute Gasteiger partial charge is 0.110 e. The van der Waals surface area contributed by atoms with Gasteiger partial charge in [0, 0.05) is 28.9 Å². The zero-order chi connectivity index (χ0) is 12.3. The minimum Gasteiger partial charge on any atom is -0.330 e. The molecule has 1 aromatic carbocycles. The Morgan fingerprint density at radius 3 is 2.88 bits per heavy atom. The van der Waals surface area contributed by atoms with E-state index >= 15 is 0 Å². The van der Waals surface area contributed by atoms with Crippen molar-refractivity contribution in [3.05, 3.63) is 52.0 Å². The van der Waals surface area contributed by atoms with Gasteiger partial charge in [-0.3, -0.25) is 0 Å². The fourth-order valence-electron chi connectivity index (χ4n) is 1.69. The van der Waals surface area contributed by atoms with Crippen LogP contribution in [0, 0.1) is 0 Å². The van der Waals surface area contributed by atoms with Crippen LogP contribution in [-0.2, 0) is 13.0 Å². The maximum absolute atomic E-state index is 6.13. The highest BCUT2D eigenvalue weighted by atomic mass is 35.5. The molecule has 1 heterocycles. The largest absolute Gasteiger partial charge is 0.330 e. The molecule has 0 atom stereocenters. The van der Waals surface area contributed by atoms with E-state index in [1.807, 2.05) is 16.8 Å². The molecule has 0 aliphatic carbocycles. The highest BCUT2D eigenvalue weighted by Gasteiger charge is 2.06. The van der Waals surface area contributed by atoms with E-state index in [1.165, 1.54) is 0 Å². The van der Waals surface area contributed by atoms with Crippen molar-refractivity contribution in [2.75, 3.05) is 6.54 Å². The predicted octanol–water partition coefficient (Wildman–Crippen LogP) is 2.74. The monoisotopic (exact) mass is 269 g/mol. The molecule has 90 valence electrons. The summed E-state index contributed by atoms with van der Waals surface area (Å²) in [6.07, 6.45) is 4.44. The average molecular weight is 270 g/mol. The molecule has 0 radical (unpaired) electrons. The maximum atomic E-state index is 6.13. The van der Waals surface area contributed by atoms with Crippen molar-refractivity contribution in [1.82, 2.24) is 9.55 Å². The first-order valence-corrected chi connectivity index (χ1v) is 6.10. The third kappa shape index (κ3) is 3.00. The summed E-state index contributed by atoms with van der Waals surface area (Å²) in [5.41, 5.74) is 6.52. The molecule has 0 bridgehead atoms. The average Bonchev–Trinajstić information content (AvgIpc) is 2.72. The van der Waals surface area contributed by atoms with Gasteiger partial charge in [-0.25, -0.2) is 4.98 Å². The van der Waals surface area contributed by atoms with E-state index < -0.39 is 0 Å². The Morgan fingerprint density at radius 1 is 1.29 bits per heavy atom. The lowest BCUT2D eigenvalue weighted by molar-refractivity contribution is 0.716. The molecule has 1 aromatic heterocycles. The van der Waals surface area contributed by atoms with E-state index in [0.717, 1.165) is 17.8 Å². The molecule has 0 unspecified atom stereocenters. The van der Waals surface area contributed by atoms with Crippen molar-refractivity contribution in [3.8, 4) is 0 Å². The summed E-state index contributed by atoms with van der Waals surface area (Å²) >= 11 is 12.1. The van der Waals surface area contributed by atoms with E-state index in [0.29, 0.717) is 23.1 Å². The molecule has 2 N–H and O–H groups in total. The second-order valence-corrected chi connectivity index (χ2v) is 4.59. The summed E-state index contributed by atoms with van der Waals surface area (Å²) in [5.74, 6) is 0.962. The van der Waals surface area contributed by atoms with Crippen LogP contribution in [0.25, 0.3) is 0 Å². The molecule has 2 rings (SSSR count). The predicted molar refractivity (Wildman–Crippen MR) is 70.5 cm³/mol. The number of nitrogens with two attached hydrogens (primary N) is 1. The highest BCUT2D eigenvalue weighted by Crippen LogP contribution is 2.21. The van der Waals surface area contributed by atoms with Crippen LogP contribution in [0.15, 0.2) is 30.6 Å². The van der Waals surface area contributed by atoms with Crippen molar-refractivity contribution in [1.29, 1.82) is 0 Å². The van der Waals surface area contributed by atoms with E-state index in [1.54, 1.807) is 18.3 Å². The number of halogens is 2. The Bertz CT molecular complexity index is 508. The number of hydrogen-bond donors (Lipinski definition) is 1. The fraction of sp³-hybridized carbons (Fsp3) is 0.250. The van der Waals surface area contributed by atoms with Gasteiger partial charge in [0.15, 0.2) is 0 Å². The SMILES string of the molecule is NCCc1nccn1Cc1cc(Cl)ccc1Cl. The van der Waals surface area contributed by atoms with Gasteiger partial charge in [0.2, 0.25) is 0 Å². The number of imidazole rings is 1. The normalized spacial score (nSPS) is 10.8. The second kappa shape index (κ2) is 5.54. The van der Waals surface area contributed by atoms with Gasteiger partial charge < -0.3 is 10.3 Å². The third-order valence-electron chi connectivity index (χ3n) is 2.52. The van der Waals surface area contributed by atoms with Crippen molar-refractivity contribution in [2.24, 2.45) is 5.73 Å². The first kappa shape index (κ1) is 12.4. The molecule has 0 saturated carbocycles. The van der Waals surface area contributed by atoms with E-state index in [9.17, 15) is 0 Å². The molecule has 17 heavy (non-hydrogen) atoms. The lowest BCUT2D eigenvalue weighted by atomic mass is 10.2. The number of nitrogens with zero attached hydrogens (tertiary/aromatic N) is 2. The topological polar surface area (TPSA) is 43.8 Å². The van der Waals surface area contributed by atoms with Crippen LogP contribution in [-0.4, -0.2) is 16.1 Å². The van der Waals surface area contributed by atoms with Gasteiger partial charge in [-0.15, -0.1) is 0 Å². The first-order chi connectivity index (χ1) is 8.20. The van der Waals surface area contributed by atoms with Gasteiger partial charge in [-0.2, -0.15) is 0 Å². The molecule has 0 amide bonds. The van der Waals surface area contributed by atoms with Crippen LogP contribution in [0.4, 0.5) is 0 Å². The zero-order valence-electron chi connectivity index (χ0n) is 9.24. The van der Waals surface area contributed by atoms with Gasteiger partial charge in [0.05, 0.1) is 6.54 Å². The van der Waals surface area contributed by atoms with Crippen LogP contribution in [0.1, 0.15) is 11.4 Å². The van der Waals surface area contributed by atoms with E-state index in [2.05, 4.69) is 4.98 Å². The molecule has 0 aliphatic rings. The number of hydrogen-bond acceptors (Lipinski definition) is 2. The van der Waals surface area contributed by atoms with Gasteiger partial charge in [0.25, 0.3) is 0 Å². The standard InChI is InChI=1S/C12H13Cl2N3/c13-10-1-2-11(14)9(7-10)8-17-6-5-16-12(17)3-4-15/h1-2,5-7H,3-4,8,15H2. The lowest BCUT2D eigenvalue weighted by Gasteiger charge is -2.09. The van der Waals surface area contributed by atoms with Crippen LogP contribution >= 0.6 is 23.2 Å². The number of rotatable bonds is 4. The van der Waals surface area contributed by atoms with Crippen LogP contribution < -0.4 is 5.73 Å². The molecule has 0 spiro atoms. The quantitative estimate of drug-likeness (QED) is 0.928. The highest BCUT2D eigenvalue weighted by molar-refractivity contribution is 6.33. The van der Waals surface area contributed by atoms with Gasteiger partial charge in [0.1, 0.15) is 5.82 Å². The Labute approximate surface area is 110 Å². The first-order valence-electron chi connectivity index (χ1n) is 5.34. The van der Waals surface area contributed by atoms with Gasteiger partial charge in [-0.05, 0) is 30.3 Å². The molecule has 0 saturated heterocycles. The summed E-state index contributed by atoms with van der Waals surface area (Å²) in [6, 6.07) is 5.46. The van der Waals surface area contributed by atoms with Crippen LogP contribution in [0.2, 0.25) is 10.0 Å². The summed E-state index contributed by atoms with van der Waals surface area (Å²) in [7, 11) is 0. The van der Waals surface area contributed by atoms with Crippen molar-refractivity contribution in [2.45, 2.75) is 13.0 Å². The summed E-state index contributed by atoms with van der Waals surface area (Å²) < 4.78 is 2.03.